The third-order valence-electron chi connectivity index (χ3n) is 6.86. The van der Waals surface area contributed by atoms with Crippen molar-refractivity contribution in [3.63, 3.8) is 0 Å². The number of aromatic nitrogens is 2. The van der Waals surface area contributed by atoms with E-state index >= 15 is 0 Å². The van der Waals surface area contributed by atoms with Crippen molar-refractivity contribution in [3.8, 4) is 0 Å². The Morgan fingerprint density at radius 3 is 2.42 bits per heavy atom. The standard InChI is InChI=1S/C22H28FN5O2S/c1-22(2)10-9-17-18(11-25-28(17)12-22)31(24,30)27-21(29)26-20-15-7-3-5-13(15)19(23)14-6-4-8-16(14)20/h11H,3-10,12H2,1-2H3,(H3,24,26,27,29,30)/t31-/m1/s1. The van der Waals surface area contributed by atoms with Gasteiger partial charge in [0.15, 0.2) is 0 Å². The zero-order valence-electron chi connectivity index (χ0n) is 18.0. The van der Waals surface area contributed by atoms with Crippen molar-refractivity contribution in [2.45, 2.75) is 76.7 Å². The Labute approximate surface area is 181 Å². The van der Waals surface area contributed by atoms with Crippen molar-refractivity contribution < 1.29 is 13.4 Å². The average Bonchev–Trinajstić information content (AvgIpc) is 3.42. The molecule has 1 atom stereocenters. The van der Waals surface area contributed by atoms with Gasteiger partial charge in [0.05, 0.1) is 11.9 Å². The fourth-order valence-corrected chi connectivity index (χ4v) is 6.44. The molecular weight excluding hydrogens is 417 g/mol. The number of nitrogens with two attached hydrogens (primary N) is 1. The molecule has 0 spiro atoms. The van der Waals surface area contributed by atoms with E-state index in [4.69, 9.17) is 5.14 Å². The summed E-state index contributed by atoms with van der Waals surface area (Å²) in [5.74, 6) is -0.105. The molecule has 9 heteroatoms. The third-order valence-corrected chi connectivity index (χ3v) is 8.27. The summed E-state index contributed by atoms with van der Waals surface area (Å²) in [7, 11) is -3.45. The van der Waals surface area contributed by atoms with Crippen LogP contribution < -0.4 is 10.5 Å². The summed E-state index contributed by atoms with van der Waals surface area (Å²) in [6.45, 7) is 5.03. The Kier molecular flexibility index (Phi) is 4.75. The van der Waals surface area contributed by atoms with Gasteiger partial charge in [-0.25, -0.2) is 18.5 Å². The van der Waals surface area contributed by atoms with Crippen LogP contribution in [0.5, 0.6) is 0 Å². The number of nitrogens with one attached hydrogen (secondary N) is 1. The lowest BCUT2D eigenvalue weighted by Gasteiger charge is -2.30. The van der Waals surface area contributed by atoms with E-state index in [1.165, 1.54) is 6.20 Å². The molecule has 0 bridgehead atoms. The second-order valence-electron chi connectivity index (χ2n) is 9.68. The largest absolute Gasteiger partial charge is 0.354 e. The van der Waals surface area contributed by atoms with Crippen LogP contribution in [0.15, 0.2) is 15.5 Å². The molecule has 0 unspecified atom stereocenters. The molecule has 1 aromatic heterocycles. The molecule has 0 radical (unpaired) electrons. The van der Waals surface area contributed by atoms with Gasteiger partial charge in [-0.3, -0.25) is 4.68 Å². The zero-order valence-corrected chi connectivity index (χ0v) is 18.8. The van der Waals surface area contributed by atoms with Gasteiger partial charge in [-0.05, 0) is 79.0 Å². The molecule has 1 aliphatic heterocycles. The van der Waals surface area contributed by atoms with Gasteiger partial charge in [0.2, 0.25) is 0 Å². The van der Waals surface area contributed by atoms with E-state index in [2.05, 4.69) is 28.6 Å². The molecule has 2 aliphatic carbocycles. The molecule has 5 rings (SSSR count). The second-order valence-corrected chi connectivity index (χ2v) is 11.4. The number of nitrogens with zero attached hydrogens (tertiary/aromatic N) is 3. The molecule has 2 heterocycles. The molecule has 0 saturated heterocycles. The van der Waals surface area contributed by atoms with E-state index in [-0.39, 0.29) is 11.2 Å². The van der Waals surface area contributed by atoms with Crippen molar-refractivity contribution in [1.82, 2.24) is 9.78 Å². The molecule has 2 amide bonds. The number of anilines is 1. The van der Waals surface area contributed by atoms with Crippen LogP contribution in [-0.4, -0.2) is 20.0 Å². The number of carbonyl (C=O) groups excluding carboxylic acids is 1. The zero-order chi connectivity index (χ0) is 22.0. The van der Waals surface area contributed by atoms with Gasteiger partial charge in [-0.1, -0.05) is 13.8 Å². The van der Waals surface area contributed by atoms with E-state index in [0.717, 1.165) is 48.9 Å². The van der Waals surface area contributed by atoms with E-state index < -0.39 is 15.9 Å². The summed E-state index contributed by atoms with van der Waals surface area (Å²) in [4.78, 5) is 13.1. The molecule has 0 saturated carbocycles. The second kappa shape index (κ2) is 7.13. The first-order valence-corrected chi connectivity index (χ1v) is 12.5. The summed E-state index contributed by atoms with van der Waals surface area (Å²) in [6, 6.07) is -0.751. The Hall–Kier alpha value is -2.26. The summed E-state index contributed by atoms with van der Waals surface area (Å²) < 4.78 is 33.8. The predicted octanol–water partition coefficient (Wildman–Crippen LogP) is 3.90. The smallest absolute Gasteiger partial charge is 0.305 e. The Balaban J connectivity index is 1.48. The highest BCUT2D eigenvalue weighted by Gasteiger charge is 2.32. The summed E-state index contributed by atoms with van der Waals surface area (Å²) >= 11 is 0. The molecule has 0 fully saturated rings. The monoisotopic (exact) mass is 445 g/mol. The first kappa shape index (κ1) is 20.6. The van der Waals surface area contributed by atoms with Gasteiger partial charge >= 0.3 is 6.03 Å². The van der Waals surface area contributed by atoms with Crippen LogP contribution in [0.2, 0.25) is 0 Å². The Morgan fingerprint density at radius 1 is 1.16 bits per heavy atom. The van der Waals surface area contributed by atoms with Crippen molar-refractivity contribution in [2.24, 2.45) is 14.9 Å². The van der Waals surface area contributed by atoms with Gasteiger partial charge in [0, 0.05) is 12.2 Å². The lowest BCUT2D eigenvalue weighted by Crippen LogP contribution is -2.29. The number of hydrogen-bond acceptors (Lipinski definition) is 3. The average molecular weight is 446 g/mol. The molecule has 7 nitrogen and oxygen atoms in total. The number of hydrogen-bond donors (Lipinski definition) is 2. The lowest BCUT2D eigenvalue weighted by atomic mass is 9.85. The Bertz CT molecular complexity index is 1190. The molecule has 3 N–H and O–H groups in total. The van der Waals surface area contributed by atoms with Gasteiger partial charge in [0.25, 0.3) is 0 Å². The molecule has 1 aromatic carbocycles. The molecule has 3 aliphatic rings. The van der Waals surface area contributed by atoms with Gasteiger partial charge < -0.3 is 5.32 Å². The maximum atomic E-state index is 14.9. The maximum Gasteiger partial charge on any atom is 0.354 e. The number of urea groups is 1. The molecule has 31 heavy (non-hydrogen) atoms. The summed E-state index contributed by atoms with van der Waals surface area (Å²) in [5, 5.41) is 13.2. The summed E-state index contributed by atoms with van der Waals surface area (Å²) in [6.07, 6.45) is 7.61. The first-order chi connectivity index (χ1) is 14.7. The first-order valence-electron chi connectivity index (χ1n) is 10.9. The fourth-order valence-electron chi connectivity index (χ4n) is 5.31. The van der Waals surface area contributed by atoms with Gasteiger partial charge in [0.1, 0.15) is 20.6 Å². The third kappa shape index (κ3) is 3.47. The number of halogens is 1. The van der Waals surface area contributed by atoms with Crippen molar-refractivity contribution in [1.29, 1.82) is 0 Å². The number of benzene rings is 1. The van der Waals surface area contributed by atoms with E-state index in [1.54, 1.807) is 0 Å². The van der Waals surface area contributed by atoms with Crippen molar-refractivity contribution in [3.05, 3.63) is 40.0 Å². The van der Waals surface area contributed by atoms with Crippen LogP contribution in [0.4, 0.5) is 14.9 Å². The van der Waals surface area contributed by atoms with E-state index in [9.17, 15) is 13.4 Å². The normalized spacial score (nSPS) is 20.5. The summed E-state index contributed by atoms with van der Waals surface area (Å²) in [5.41, 5.74) is 4.67. The van der Waals surface area contributed by atoms with Crippen LogP contribution in [0.1, 0.15) is 61.1 Å². The van der Waals surface area contributed by atoms with Crippen LogP contribution in [0.25, 0.3) is 0 Å². The van der Waals surface area contributed by atoms with Crippen molar-refractivity contribution in [2.75, 3.05) is 5.32 Å². The number of carbonyl (C=O) groups is 1. The predicted molar refractivity (Wildman–Crippen MR) is 117 cm³/mol. The SMILES string of the molecule is CC1(C)CCc2c([S@](N)(=O)=NC(=O)Nc3c4c(c(F)c5c3CCC5)CCC4)cnn2C1. The minimum atomic E-state index is -3.45. The van der Waals surface area contributed by atoms with Crippen LogP contribution in [-0.2, 0) is 48.6 Å². The van der Waals surface area contributed by atoms with Gasteiger partial charge in [-0.15, -0.1) is 4.36 Å². The number of rotatable bonds is 2. The molecule has 166 valence electrons. The number of fused-ring (bicyclic) bond motifs is 3. The van der Waals surface area contributed by atoms with Crippen LogP contribution >= 0.6 is 0 Å². The highest BCUT2D eigenvalue weighted by Crippen LogP contribution is 2.41. The van der Waals surface area contributed by atoms with Gasteiger partial charge in [-0.2, -0.15) is 5.10 Å². The maximum absolute atomic E-state index is 14.9. The highest BCUT2D eigenvalue weighted by atomic mass is 32.2. The quantitative estimate of drug-likeness (QED) is 0.733. The molecule has 2 aromatic rings. The minimum Gasteiger partial charge on any atom is -0.305 e. The van der Waals surface area contributed by atoms with Crippen molar-refractivity contribution >= 4 is 21.6 Å². The van der Waals surface area contributed by atoms with E-state index in [0.29, 0.717) is 47.5 Å². The Morgan fingerprint density at radius 2 is 1.77 bits per heavy atom. The fraction of sp³-hybridized carbons (Fsp3) is 0.545. The van der Waals surface area contributed by atoms with Crippen LogP contribution in [0, 0.1) is 11.2 Å². The lowest BCUT2D eigenvalue weighted by molar-refractivity contribution is 0.233. The van der Waals surface area contributed by atoms with Crippen LogP contribution in [0.3, 0.4) is 0 Å². The molecular formula is C22H28FN5O2S. The minimum absolute atomic E-state index is 0.101. The number of amides is 2. The topological polar surface area (TPSA) is 102 Å². The highest BCUT2D eigenvalue weighted by molar-refractivity contribution is 7.91. The van der Waals surface area contributed by atoms with E-state index in [1.807, 2.05) is 4.68 Å².